The average molecular weight is 450 g/mol. The summed E-state index contributed by atoms with van der Waals surface area (Å²) in [4.78, 5) is 0. The van der Waals surface area contributed by atoms with Crippen molar-refractivity contribution < 1.29 is 0 Å². The lowest BCUT2D eigenvalue weighted by Gasteiger charge is -2.11. The Morgan fingerprint density at radius 2 is 1.14 bits per heavy atom. The van der Waals surface area contributed by atoms with Crippen LogP contribution in [0.1, 0.15) is 36.5 Å². The Morgan fingerprint density at radius 1 is 0.571 bits per heavy atom. The van der Waals surface area contributed by atoms with Gasteiger partial charge >= 0.3 is 0 Å². The third kappa shape index (κ3) is 3.15. The number of fused-ring (bicyclic) bond motifs is 6. The van der Waals surface area contributed by atoms with Gasteiger partial charge in [0.25, 0.3) is 0 Å². The lowest BCUT2D eigenvalue weighted by atomic mass is 9.95. The molecule has 0 amide bonds. The summed E-state index contributed by atoms with van der Waals surface area (Å²) in [7, 11) is 0. The predicted octanol–water partition coefficient (Wildman–Crippen LogP) is 9.15. The quantitative estimate of drug-likeness (QED) is 0.253. The number of hydrogen-bond donors (Lipinski definition) is 0. The van der Waals surface area contributed by atoms with E-state index in [0.29, 0.717) is 5.92 Å². The SMILES string of the molecule is CC(C)c1ccc2c(c1)-c1cc(-c3ccc(-n4c5ccccc5c5ccccc54)cc3)ccc1C2. The molecule has 0 N–H and O–H groups in total. The minimum atomic E-state index is 0.543. The van der Waals surface area contributed by atoms with E-state index in [1.54, 1.807) is 0 Å². The van der Waals surface area contributed by atoms with Crippen LogP contribution in [0.2, 0.25) is 0 Å². The Balaban J connectivity index is 1.31. The molecule has 1 heteroatoms. The molecule has 0 unspecified atom stereocenters. The summed E-state index contributed by atoms with van der Waals surface area (Å²) in [6.45, 7) is 4.54. The Labute approximate surface area is 206 Å². The van der Waals surface area contributed by atoms with Crippen molar-refractivity contribution in [2.75, 3.05) is 0 Å². The molecule has 1 aromatic heterocycles. The van der Waals surface area contributed by atoms with Crippen LogP contribution in [0.3, 0.4) is 0 Å². The fourth-order valence-electron chi connectivity index (χ4n) is 5.73. The van der Waals surface area contributed by atoms with Crippen molar-refractivity contribution in [3.63, 3.8) is 0 Å². The van der Waals surface area contributed by atoms with E-state index in [-0.39, 0.29) is 0 Å². The lowest BCUT2D eigenvalue weighted by Crippen LogP contribution is -1.93. The van der Waals surface area contributed by atoms with Gasteiger partial charge in [0.05, 0.1) is 11.0 Å². The Bertz CT molecular complexity index is 1680. The number of nitrogens with zero attached hydrogens (tertiary/aromatic N) is 1. The summed E-state index contributed by atoms with van der Waals surface area (Å²) >= 11 is 0. The molecule has 1 heterocycles. The fourth-order valence-corrected chi connectivity index (χ4v) is 5.73. The standard InChI is InChI=1S/C34H27N/c1-22(2)24-11-13-26-19-27-14-12-25(21-32(27)31(26)20-24)23-15-17-28(18-16-23)35-33-9-5-3-7-29(33)30-8-4-6-10-34(30)35/h3-18,20-22H,19H2,1-2H3. The molecule has 1 aliphatic carbocycles. The number of rotatable bonds is 3. The summed E-state index contributed by atoms with van der Waals surface area (Å²) in [6, 6.07) is 40.4. The van der Waals surface area contributed by atoms with E-state index in [1.807, 2.05) is 0 Å². The van der Waals surface area contributed by atoms with Crippen LogP contribution in [0.4, 0.5) is 0 Å². The molecule has 35 heavy (non-hydrogen) atoms. The van der Waals surface area contributed by atoms with Crippen molar-refractivity contribution in [3.8, 4) is 27.9 Å². The number of benzene rings is 5. The molecule has 1 aliphatic rings. The topological polar surface area (TPSA) is 4.93 Å². The Hall–Kier alpha value is -4.10. The van der Waals surface area contributed by atoms with E-state index < -0.39 is 0 Å². The van der Waals surface area contributed by atoms with Crippen molar-refractivity contribution in [1.82, 2.24) is 4.57 Å². The molecule has 1 nitrogen and oxygen atoms in total. The van der Waals surface area contributed by atoms with Gasteiger partial charge in [-0.2, -0.15) is 0 Å². The van der Waals surface area contributed by atoms with Gasteiger partial charge in [-0.1, -0.05) is 92.7 Å². The van der Waals surface area contributed by atoms with Gasteiger partial charge < -0.3 is 4.57 Å². The summed E-state index contributed by atoms with van der Waals surface area (Å²) in [5, 5.41) is 2.59. The minimum absolute atomic E-state index is 0.543. The van der Waals surface area contributed by atoms with Gasteiger partial charge in [0, 0.05) is 16.5 Å². The van der Waals surface area contributed by atoms with Crippen LogP contribution in [0.15, 0.2) is 109 Å². The van der Waals surface area contributed by atoms with Crippen LogP contribution in [0.25, 0.3) is 49.7 Å². The second-order valence-corrected chi connectivity index (χ2v) is 10.0. The maximum Gasteiger partial charge on any atom is 0.0541 e. The summed E-state index contributed by atoms with van der Waals surface area (Å²) in [6.07, 6.45) is 1.04. The monoisotopic (exact) mass is 449 g/mol. The van der Waals surface area contributed by atoms with Gasteiger partial charge in [-0.05, 0) is 81.6 Å². The molecule has 0 saturated carbocycles. The van der Waals surface area contributed by atoms with E-state index in [9.17, 15) is 0 Å². The molecule has 0 bridgehead atoms. The molecule has 168 valence electrons. The zero-order chi connectivity index (χ0) is 23.5. The van der Waals surface area contributed by atoms with Crippen molar-refractivity contribution in [2.45, 2.75) is 26.2 Å². The third-order valence-corrected chi connectivity index (χ3v) is 7.62. The number of aromatic nitrogens is 1. The highest BCUT2D eigenvalue weighted by molar-refractivity contribution is 6.09. The van der Waals surface area contributed by atoms with Crippen molar-refractivity contribution in [3.05, 3.63) is 126 Å². The van der Waals surface area contributed by atoms with Gasteiger partial charge in [-0.15, -0.1) is 0 Å². The molecule has 0 spiro atoms. The summed E-state index contributed by atoms with van der Waals surface area (Å²) in [5.74, 6) is 0.543. The fraction of sp³-hybridized carbons (Fsp3) is 0.118. The third-order valence-electron chi connectivity index (χ3n) is 7.62. The summed E-state index contributed by atoms with van der Waals surface area (Å²) in [5.41, 5.74) is 13.3. The molecule has 0 aliphatic heterocycles. The van der Waals surface area contributed by atoms with Gasteiger partial charge in [-0.25, -0.2) is 0 Å². The van der Waals surface area contributed by atoms with E-state index in [1.165, 1.54) is 66.4 Å². The molecule has 0 radical (unpaired) electrons. The van der Waals surface area contributed by atoms with Crippen LogP contribution in [-0.4, -0.2) is 4.57 Å². The normalized spacial score (nSPS) is 12.4. The van der Waals surface area contributed by atoms with Crippen LogP contribution in [0.5, 0.6) is 0 Å². The highest BCUT2D eigenvalue weighted by Gasteiger charge is 2.20. The van der Waals surface area contributed by atoms with Crippen LogP contribution in [-0.2, 0) is 6.42 Å². The van der Waals surface area contributed by atoms with E-state index in [4.69, 9.17) is 0 Å². The average Bonchev–Trinajstić information content (AvgIpc) is 3.43. The highest BCUT2D eigenvalue weighted by atomic mass is 15.0. The van der Waals surface area contributed by atoms with E-state index >= 15 is 0 Å². The maximum absolute atomic E-state index is 2.40. The second kappa shape index (κ2) is 7.71. The first-order valence-electron chi connectivity index (χ1n) is 12.5. The van der Waals surface area contributed by atoms with E-state index in [2.05, 4.69) is 128 Å². The molecule has 5 aromatic carbocycles. The van der Waals surface area contributed by atoms with Gasteiger partial charge in [-0.3, -0.25) is 0 Å². The lowest BCUT2D eigenvalue weighted by molar-refractivity contribution is 0.866. The molecule has 7 rings (SSSR count). The summed E-state index contributed by atoms with van der Waals surface area (Å²) < 4.78 is 2.38. The molecule has 0 atom stereocenters. The first-order valence-corrected chi connectivity index (χ1v) is 12.5. The first kappa shape index (κ1) is 20.3. The van der Waals surface area contributed by atoms with Crippen LogP contribution in [0, 0.1) is 0 Å². The smallest absolute Gasteiger partial charge is 0.0541 e. The largest absolute Gasteiger partial charge is 0.309 e. The maximum atomic E-state index is 2.40. The van der Waals surface area contributed by atoms with Gasteiger partial charge in [0.2, 0.25) is 0 Å². The Kier molecular flexibility index (Phi) is 4.47. The minimum Gasteiger partial charge on any atom is -0.309 e. The van der Waals surface area contributed by atoms with Gasteiger partial charge in [0.15, 0.2) is 0 Å². The van der Waals surface area contributed by atoms with Crippen molar-refractivity contribution in [1.29, 1.82) is 0 Å². The Morgan fingerprint density at radius 3 is 1.80 bits per heavy atom. The molecule has 6 aromatic rings. The number of para-hydroxylation sites is 2. The van der Waals surface area contributed by atoms with Crippen LogP contribution < -0.4 is 0 Å². The zero-order valence-electron chi connectivity index (χ0n) is 20.1. The van der Waals surface area contributed by atoms with Crippen LogP contribution >= 0.6 is 0 Å². The molecule has 0 fully saturated rings. The van der Waals surface area contributed by atoms with E-state index in [0.717, 1.165) is 6.42 Å². The van der Waals surface area contributed by atoms with Gasteiger partial charge in [0.1, 0.15) is 0 Å². The number of hydrogen-bond acceptors (Lipinski definition) is 0. The highest BCUT2D eigenvalue weighted by Crippen LogP contribution is 2.40. The zero-order valence-corrected chi connectivity index (χ0v) is 20.1. The predicted molar refractivity (Wildman–Crippen MR) is 149 cm³/mol. The van der Waals surface area contributed by atoms with Crippen molar-refractivity contribution >= 4 is 21.8 Å². The first-order chi connectivity index (χ1) is 17.2. The second-order valence-electron chi connectivity index (χ2n) is 10.0. The van der Waals surface area contributed by atoms with Crippen molar-refractivity contribution in [2.24, 2.45) is 0 Å². The molecular formula is C34H27N. The molecule has 0 saturated heterocycles. The molecular weight excluding hydrogens is 422 g/mol.